The molecule has 1 heterocycles. The quantitative estimate of drug-likeness (QED) is 0.855. The lowest BCUT2D eigenvalue weighted by Gasteiger charge is -2.20. The number of benzene rings is 1. The number of aromatic nitrogens is 2. The van der Waals surface area contributed by atoms with Gasteiger partial charge in [0.2, 0.25) is 5.95 Å². The van der Waals surface area contributed by atoms with E-state index in [1.807, 2.05) is 6.92 Å². The van der Waals surface area contributed by atoms with Gasteiger partial charge in [0.1, 0.15) is 5.69 Å². The van der Waals surface area contributed by atoms with Crippen LogP contribution in [-0.4, -0.2) is 30.0 Å². The topological polar surface area (TPSA) is 78.1 Å². The Labute approximate surface area is 153 Å². The number of H-pyrrole nitrogens is 1. The number of alkyl halides is 3. The molecule has 0 spiro atoms. The first-order valence-corrected chi connectivity index (χ1v) is 8.32. The zero-order valence-corrected chi connectivity index (χ0v) is 15.0. The molecule has 1 amide bonds. The van der Waals surface area contributed by atoms with Crippen LogP contribution >= 0.6 is 0 Å². The number of hydrogen-bond acceptors (Lipinski definition) is 4. The lowest BCUT2D eigenvalue weighted by molar-refractivity contribution is -0.137. The molecular formula is C18H19F3N4O2. The van der Waals surface area contributed by atoms with Gasteiger partial charge in [0.05, 0.1) is 11.1 Å². The van der Waals surface area contributed by atoms with Crippen LogP contribution in [0.4, 0.5) is 19.1 Å². The molecule has 2 aromatic rings. The molecule has 0 bridgehead atoms. The van der Waals surface area contributed by atoms with Crippen molar-refractivity contribution in [2.45, 2.75) is 25.1 Å². The van der Waals surface area contributed by atoms with Crippen molar-refractivity contribution in [3.63, 3.8) is 0 Å². The number of halogens is 3. The summed E-state index contributed by atoms with van der Waals surface area (Å²) in [5.74, 6) is -0.262. The molecular weight excluding hydrogens is 361 g/mol. The van der Waals surface area contributed by atoms with Gasteiger partial charge in [-0.15, -0.1) is 0 Å². The maximum absolute atomic E-state index is 12.8. The summed E-state index contributed by atoms with van der Waals surface area (Å²) in [4.78, 5) is 32.6. The monoisotopic (exact) mass is 380 g/mol. The van der Waals surface area contributed by atoms with Gasteiger partial charge in [-0.3, -0.25) is 14.6 Å². The fourth-order valence-corrected chi connectivity index (χ4v) is 3.07. The predicted octanol–water partition coefficient (Wildman–Crippen LogP) is 2.52. The van der Waals surface area contributed by atoms with E-state index in [-0.39, 0.29) is 17.6 Å². The molecule has 144 valence electrons. The summed E-state index contributed by atoms with van der Waals surface area (Å²) in [6.07, 6.45) is -3.82. The molecule has 1 aromatic carbocycles. The van der Waals surface area contributed by atoms with E-state index in [1.54, 1.807) is 19.0 Å². The normalized spacial score (nSPS) is 21.6. The van der Waals surface area contributed by atoms with Gasteiger partial charge in [0.25, 0.3) is 11.5 Å². The van der Waals surface area contributed by atoms with Crippen LogP contribution in [0, 0.1) is 5.92 Å². The zero-order chi connectivity index (χ0) is 20.0. The van der Waals surface area contributed by atoms with Crippen molar-refractivity contribution in [2.24, 2.45) is 5.92 Å². The Morgan fingerprint density at radius 1 is 1.30 bits per heavy atom. The number of rotatable bonds is 4. The van der Waals surface area contributed by atoms with Gasteiger partial charge in [0, 0.05) is 20.2 Å². The first-order valence-electron chi connectivity index (χ1n) is 8.32. The van der Waals surface area contributed by atoms with Gasteiger partial charge in [0.15, 0.2) is 0 Å². The molecule has 1 aliphatic rings. The smallest absolute Gasteiger partial charge is 0.348 e. The molecule has 0 radical (unpaired) electrons. The van der Waals surface area contributed by atoms with Gasteiger partial charge in [-0.2, -0.15) is 13.2 Å². The largest absolute Gasteiger partial charge is 0.416 e. The van der Waals surface area contributed by atoms with E-state index in [0.29, 0.717) is 12.0 Å². The summed E-state index contributed by atoms with van der Waals surface area (Å²) >= 11 is 0. The molecule has 2 unspecified atom stereocenters. The second-order valence-electron chi connectivity index (χ2n) is 6.95. The third-order valence-electron chi connectivity index (χ3n) is 4.76. The average molecular weight is 380 g/mol. The highest BCUT2D eigenvalue weighted by atomic mass is 19.4. The molecule has 0 saturated heterocycles. The summed E-state index contributed by atoms with van der Waals surface area (Å²) < 4.78 is 38.3. The standard InChI is InChI=1S/C18H19F3N4O2/c1-10-9-17(10,11-4-6-12(7-5-11)18(19,20)21)24-15(27)13-8-14(26)23-16(22-13)25(2)3/h4-8,10H,9H2,1-3H3,(H,24,27)(H,22,23,26). The number of nitrogens with one attached hydrogen (secondary N) is 2. The lowest BCUT2D eigenvalue weighted by Crippen LogP contribution is -2.37. The summed E-state index contributed by atoms with van der Waals surface area (Å²) in [6, 6.07) is 5.86. The SMILES string of the molecule is CC1CC1(NC(=O)c1cc(=O)[nH]c(N(C)C)n1)c1ccc(C(F)(F)F)cc1. The number of aromatic amines is 1. The van der Waals surface area contributed by atoms with Gasteiger partial charge in [-0.25, -0.2) is 4.98 Å². The number of nitrogens with zero attached hydrogens (tertiary/aromatic N) is 2. The first kappa shape index (κ1) is 18.9. The van der Waals surface area contributed by atoms with Crippen molar-refractivity contribution in [1.82, 2.24) is 15.3 Å². The van der Waals surface area contributed by atoms with Crippen LogP contribution in [-0.2, 0) is 11.7 Å². The van der Waals surface area contributed by atoms with E-state index in [4.69, 9.17) is 0 Å². The van der Waals surface area contributed by atoms with Gasteiger partial charge >= 0.3 is 6.18 Å². The molecule has 0 aliphatic heterocycles. The zero-order valence-electron chi connectivity index (χ0n) is 15.0. The van der Waals surface area contributed by atoms with Crippen LogP contribution in [0.1, 0.15) is 35.0 Å². The molecule has 2 N–H and O–H groups in total. The number of carbonyl (C=O) groups excluding carboxylic acids is 1. The summed E-state index contributed by atoms with van der Waals surface area (Å²) in [6.45, 7) is 1.90. The molecule has 6 nitrogen and oxygen atoms in total. The first-order chi connectivity index (χ1) is 12.5. The van der Waals surface area contributed by atoms with Crippen LogP contribution < -0.4 is 15.8 Å². The average Bonchev–Trinajstić information content (AvgIpc) is 3.24. The van der Waals surface area contributed by atoms with Crippen molar-refractivity contribution < 1.29 is 18.0 Å². The summed E-state index contributed by atoms with van der Waals surface area (Å²) in [5.41, 5.74) is -1.43. The molecule has 1 aliphatic carbocycles. The highest BCUT2D eigenvalue weighted by molar-refractivity contribution is 5.93. The molecule has 27 heavy (non-hydrogen) atoms. The molecule has 1 aromatic heterocycles. The Morgan fingerprint density at radius 2 is 1.89 bits per heavy atom. The van der Waals surface area contributed by atoms with E-state index in [2.05, 4.69) is 15.3 Å². The van der Waals surface area contributed by atoms with Crippen LogP contribution in [0.3, 0.4) is 0 Å². The number of amides is 1. The summed E-state index contributed by atoms with van der Waals surface area (Å²) in [5, 5.41) is 2.85. The van der Waals surface area contributed by atoms with Crippen LogP contribution in [0.5, 0.6) is 0 Å². The fourth-order valence-electron chi connectivity index (χ4n) is 3.07. The predicted molar refractivity (Wildman–Crippen MR) is 93.6 cm³/mol. The van der Waals surface area contributed by atoms with Gasteiger partial charge in [-0.1, -0.05) is 19.1 Å². The Bertz CT molecular complexity index is 921. The third-order valence-corrected chi connectivity index (χ3v) is 4.76. The minimum absolute atomic E-state index is 0.0483. The minimum atomic E-state index is -4.42. The highest BCUT2D eigenvalue weighted by Crippen LogP contribution is 2.52. The second kappa shape index (κ2) is 6.40. The third kappa shape index (κ3) is 3.67. The van der Waals surface area contributed by atoms with E-state index in [1.165, 1.54) is 12.1 Å². The minimum Gasteiger partial charge on any atom is -0.348 e. The second-order valence-corrected chi connectivity index (χ2v) is 6.95. The van der Waals surface area contributed by atoms with Crippen LogP contribution in [0.2, 0.25) is 0 Å². The van der Waals surface area contributed by atoms with Crippen molar-refractivity contribution in [2.75, 3.05) is 19.0 Å². The van der Waals surface area contributed by atoms with E-state index in [9.17, 15) is 22.8 Å². The maximum Gasteiger partial charge on any atom is 0.416 e. The van der Waals surface area contributed by atoms with Gasteiger partial charge in [-0.05, 0) is 30.0 Å². The van der Waals surface area contributed by atoms with Crippen LogP contribution in [0.15, 0.2) is 35.1 Å². The number of carbonyl (C=O) groups is 1. The Hall–Kier alpha value is -2.84. The van der Waals surface area contributed by atoms with Gasteiger partial charge < -0.3 is 10.2 Å². The van der Waals surface area contributed by atoms with Crippen molar-refractivity contribution in [3.8, 4) is 0 Å². The van der Waals surface area contributed by atoms with Crippen LogP contribution in [0.25, 0.3) is 0 Å². The fraction of sp³-hybridized carbons (Fsp3) is 0.389. The molecule has 9 heteroatoms. The highest BCUT2D eigenvalue weighted by Gasteiger charge is 2.54. The number of hydrogen-bond donors (Lipinski definition) is 2. The molecule has 3 rings (SSSR count). The van der Waals surface area contributed by atoms with E-state index < -0.39 is 28.7 Å². The lowest BCUT2D eigenvalue weighted by atomic mass is 10.0. The van der Waals surface area contributed by atoms with Crippen molar-refractivity contribution in [3.05, 3.63) is 57.5 Å². The van der Waals surface area contributed by atoms with E-state index in [0.717, 1.165) is 18.2 Å². The van der Waals surface area contributed by atoms with E-state index >= 15 is 0 Å². The Morgan fingerprint density at radius 3 is 2.37 bits per heavy atom. The maximum atomic E-state index is 12.8. The molecule has 1 saturated carbocycles. The number of anilines is 1. The van der Waals surface area contributed by atoms with Crippen molar-refractivity contribution >= 4 is 11.9 Å². The molecule has 2 atom stereocenters. The Balaban J connectivity index is 1.87. The molecule has 1 fully saturated rings. The summed E-state index contributed by atoms with van der Waals surface area (Å²) in [7, 11) is 3.35. The Kier molecular flexibility index (Phi) is 4.49. The van der Waals surface area contributed by atoms with Crippen molar-refractivity contribution in [1.29, 1.82) is 0 Å².